The zero-order chi connectivity index (χ0) is 21.8. The van der Waals surface area contributed by atoms with E-state index in [0.717, 1.165) is 39.3 Å². The van der Waals surface area contributed by atoms with E-state index in [4.69, 9.17) is 14.5 Å². The maximum atomic E-state index is 11.7. The minimum absolute atomic E-state index is 0.114. The first-order valence-electron chi connectivity index (χ1n) is 9.74. The van der Waals surface area contributed by atoms with Gasteiger partial charge in [-0.2, -0.15) is 0 Å². The molecule has 1 aromatic carbocycles. The first kappa shape index (κ1) is 20.8. The van der Waals surface area contributed by atoms with Gasteiger partial charge in [0.2, 0.25) is 0 Å². The summed E-state index contributed by atoms with van der Waals surface area (Å²) < 4.78 is 12.8. The van der Waals surface area contributed by atoms with E-state index >= 15 is 0 Å². The van der Waals surface area contributed by atoms with Gasteiger partial charge in [-0.3, -0.25) is 9.20 Å². The molecule has 4 rings (SSSR count). The lowest BCUT2D eigenvalue weighted by molar-refractivity contribution is 0.0963. The Morgan fingerprint density at radius 2 is 1.94 bits per heavy atom. The van der Waals surface area contributed by atoms with Crippen LogP contribution in [-0.4, -0.2) is 47.6 Å². The number of thiazole rings is 1. The lowest BCUT2D eigenvalue weighted by Crippen LogP contribution is -2.17. The van der Waals surface area contributed by atoms with Gasteiger partial charge in [0.05, 0.1) is 24.2 Å². The van der Waals surface area contributed by atoms with Gasteiger partial charge >= 0.3 is 0 Å². The van der Waals surface area contributed by atoms with Crippen LogP contribution in [0.1, 0.15) is 16.1 Å². The van der Waals surface area contributed by atoms with Crippen molar-refractivity contribution in [3.8, 4) is 17.1 Å². The number of carbonyl (C=O) groups is 1. The van der Waals surface area contributed by atoms with E-state index in [1.165, 1.54) is 11.3 Å². The standard InChI is InChI=1S/C22H23N5O3S/c1-14-20(27-12-17(30-11-10-29-3)8-9-19(27)24-14)18-13-31-22(26-18)25-16-6-4-15(5-7-16)21(28)23-2/h4-9,12-13H,10-11H2,1-3H3,(H,23,28)(H,25,26). The van der Waals surface area contributed by atoms with Crippen LogP contribution < -0.4 is 15.4 Å². The first-order chi connectivity index (χ1) is 15.1. The molecule has 0 bridgehead atoms. The van der Waals surface area contributed by atoms with Crippen molar-refractivity contribution < 1.29 is 14.3 Å². The Morgan fingerprint density at radius 3 is 2.68 bits per heavy atom. The second-order valence-corrected chi connectivity index (χ2v) is 7.66. The fourth-order valence-electron chi connectivity index (χ4n) is 3.19. The molecule has 3 heterocycles. The average Bonchev–Trinajstić information content (AvgIpc) is 3.36. The van der Waals surface area contributed by atoms with Gasteiger partial charge in [-0.1, -0.05) is 0 Å². The van der Waals surface area contributed by atoms with Crippen molar-refractivity contribution >= 4 is 33.7 Å². The smallest absolute Gasteiger partial charge is 0.251 e. The zero-order valence-corrected chi connectivity index (χ0v) is 18.3. The molecule has 0 spiro atoms. The van der Waals surface area contributed by atoms with Crippen molar-refractivity contribution in [3.05, 3.63) is 59.2 Å². The molecule has 0 aliphatic heterocycles. The highest BCUT2D eigenvalue weighted by Crippen LogP contribution is 2.31. The van der Waals surface area contributed by atoms with Gasteiger partial charge in [-0.15, -0.1) is 11.3 Å². The van der Waals surface area contributed by atoms with Crippen LogP contribution in [0, 0.1) is 6.92 Å². The number of carbonyl (C=O) groups excluding carboxylic acids is 1. The number of benzene rings is 1. The number of aryl methyl sites for hydroxylation is 1. The fraction of sp³-hybridized carbons (Fsp3) is 0.227. The second-order valence-electron chi connectivity index (χ2n) is 6.80. The number of pyridine rings is 1. The summed E-state index contributed by atoms with van der Waals surface area (Å²) in [6.07, 6.45) is 1.92. The van der Waals surface area contributed by atoms with Gasteiger partial charge in [-0.05, 0) is 43.3 Å². The maximum absolute atomic E-state index is 11.7. The predicted molar refractivity (Wildman–Crippen MR) is 122 cm³/mol. The quantitative estimate of drug-likeness (QED) is 0.407. The summed E-state index contributed by atoms with van der Waals surface area (Å²) in [7, 11) is 3.26. The van der Waals surface area contributed by atoms with Gasteiger partial charge in [0, 0.05) is 30.8 Å². The topological polar surface area (TPSA) is 89.8 Å². The lowest BCUT2D eigenvalue weighted by Gasteiger charge is -2.07. The van der Waals surface area contributed by atoms with E-state index in [0.29, 0.717) is 18.8 Å². The number of aromatic nitrogens is 3. The van der Waals surface area contributed by atoms with Crippen LogP contribution in [0.4, 0.5) is 10.8 Å². The van der Waals surface area contributed by atoms with Gasteiger partial charge in [-0.25, -0.2) is 9.97 Å². The summed E-state index contributed by atoms with van der Waals surface area (Å²) in [4.78, 5) is 21.1. The highest BCUT2D eigenvalue weighted by atomic mass is 32.1. The van der Waals surface area contributed by atoms with Crippen molar-refractivity contribution in [1.82, 2.24) is 19.7 Å². The highest BCUT2D eigenvalue weighted by Gasteiger charge is 2.15. The molecule has 31 heavy (non-hydrogen) atoms. The second kappa shape index (κ2) is 9.15. The number of hydrogen-bond acceptors (Lipinski definition) is 7. The molecule has 0 aliphatic carbocycles. The molecule has 2 N–H and O–H groups in total. The Labute approximate surface area is 183 Å². The number of fused-ring (bicyclic) bond motifs is 1. The van der Waals surface area contributed by atoms with Gasteiger partial charge in [0.25, 0.3) is 5.91 Å². The molecular formula is C22H23N5O3S. The largest absolute Gasteiger partial charge is 0.490 e. The van der Waals surface area contributed by atoms with Crippen LogP contribution >= 0.6 is 11.3 Å². The molecule has 4 aromatic rings. The molecule has 0 unspecified atom stereocenters. The van der Waals surface area contributed by atoms with E-state index < -0.39 is 0 Å². The lowest BCUT2D eigenvalue weighted by atomic mass is 10.2. The Balaban J connectivity index is 1.57. The summed E-state index contributed by atoms with van der Waals surface area (Å²) in [5.74, 6) is 0.629. The van der Waals surface area contributed by atoms with Crippen molar-refractivity contribution in [1.29, 1.82) is 0 Å². The minimum atomic E-state index is -0.114. The number of hydrogen-bond donors (Lipinski definition) is 2. The summed E-state index contributed by atoms with van der Waals surface area (Å²) in [5, 5.41) is 8.66. The van der Waals surface area contributed by atoms with E-state index in [1.807, 2.05) is 47.2 Å². The van der Waals surface area contributed by atoms with Crippen LogP contribution in [0.25, 0.3) is 17.0 Å². The monoisotopic (exact) mass is 437 g/mol. The number of ether oxygens (including phenoxy) is 2. The molecule has 160 valence electrons. The predicted octanol–water partition coefficient (Wildman–Crippen LogP) is 3.89. The SMILES string of the molecule is CNC(=O)c1ccc(Nc2nc(-c3c(C)nc4ccc(OCCOC)cn34)cs2)cc1. The zero-order valence-electron chi connectivity index (χ0n) is 17.5. The van der Waals surface area contributed by atoms with Crippen molar-refractivity contribution in [3.63, 3.8) is 0 Å². The Bertz CT molecular complexity index is 1200. The Kier molecular flexibility index (Phi) is 6.15. The number of amides is 1. The molecule has 0 saturated heterocycles. The molecule has 0 radical (unpaired) electrons. The normalized spacial score (nSPS) is 10.9. The highest BCUT2D eigenvalue weighted by molar-refractivity contribution is 7.14. The van der Waals surface area contributed by atoms with E-state index in [-0.39, 0.29) is 5.91 Å². The fourth-order valence-corrected chi connectivity index (χ4v) is 3.91. The van der Waals surface area contributed by atoms with E-state index in [9.17, 15) is 4.79 Å². The molecule has 8 nitrogen and oxygen atoms in total. The molecule has 3 aromatic heterocycles. The number of imidazole rings is 1. The summed E-state index contributed by atoms with van der Waals surface area (Å²) in [6.45, 7) is 2.98. The van der Waals surface area contributed by atoms with Crippen LogP contribution in [0.5, 0.6) is 5.75 Å². The van der Waals surface area contributed by atoms with Crippen LogP contribution in [0.2, 0.25) is 0 Å². The van der Waals surface area contributed by atoms with Gasteiger partial charge in [0.1, 0.15) is 23.7 Å². The number of nitrogens with zero attached hydrogens (tertiary/aromatic N) is 3. The van der Waals surface area contributed by atoms with Crippen molar-refractivity contribution in [2.75, 3.05) is 32.7 Å². The third-order valence-corrected chi connectivity index (χ3v) is 5.45. The van der Waals surface area contributed by atoms with Crippen LogP contribution in [0.15, 0.2) is 48.0 Å². The number of rotatable bonds is 8. The first-order valence-corrected chi connectivity index (χ1v) is 10.6. The third-order valence-electron chi connectivity index (χ3n) is 4.69. The minimum Gasteiger partial charge on any atom is -0.490 e. The number of methoxy groups -OCH3 is 1. The van der Waals surface area contributed by atoms with Crippen molar-refractivity contribution in [2.24, 2.45) is 0 Å². The molecule has 0 atom stereocenters. The van der Waals surface area contributed by atoms with Crippen LogP contribution in [0.3, 0.4) is 0 Å². The molecule has 0 aliphatic rings. The number of nitrogens with one attached hydrogen (secondary N) is 2. The molecule has 0 saturated carbocycles. The summed E-state index contributed by atoms with van der Waals surface area (Å²) in [5.41, 5.74) is 4.94. The Hall–Kier alpha value is -3.43. The summed E-state index contributed by atoms with van der Waals surface area (Å²) >= 11 is 1.51. The average molecular weight is 438 g/mol. The molecule has 0 fully saturated rings. The molecule has 1 amide bonds. The van der Waals surface area contributed by atoms with Gasteiger partial charge in [0.15, 0.2) is 5.13 Å². The van der Waals surface area contributed by atoms with Gasteiger partial charge < -0.3 is 20.1 Å². The van der Waals surface area contributed by atoms with Crippen LogP contribution in [-0.2, 0) is 4.74 Å². The Morgan fingerprint density at radius 1 is 1.13 bits per heavy atom. The van der Waals surface area contributed by atoms with Crippen molar-refractivity contribution in [2.45, 2.75) is 6.92 Å². The number of anilines is 2. The van der Waals surface area contributed by atoms with E-state index in [1.54, 1.807) is 26.3 Å². The summed E-state index contributed by atoms with van der Waals surface area (Å²) in [6, 6.07) is 11.1. The molecular weight excluding hydrogens is 414 g/mol. The molecule has 9 heteroatoms. The third kappa shape index (κ3) is 4.52. The van der Waals surface area contributed by atoms with E-state index in [2.05, 4.69) is 15.6 Å². The maximum Gasteiger partial charge on any atom is 0.251 e.